The van der Waals surface area contributed by atoms with E-state index in [4.69, 9.17) is 16.3 Å². The highest BCUT2D eigenvalue weighted by atomic mass is 35.5. The Bertz CT molecular complexity index is 1320. The van der Waals surface area contributed by atoms with E-state index in [1.165, 1.54) is 0 Å². The van der Waals surface area contributed by atoms with Gasteiger partial charge in [0.1, 0.15) is 12.1 Å². The summed E-state index contributed by atoms with van der Waals surface area (Å²) in [5.74, 6) is -4.23. The van der Waals surface area contributed by atoms with Crippen molar-refractivity contribution in [1.82, 2.24) is 21.3 Å². The largest absolute Gasteiger partial charge is 0.368 e. The maximum atomic E-state index is 13.7. The number of fused-ring (bicyclic) bond motifs is 1. The van der Waals surface area contributed by atoms with Crippen LogP contribution < -0.4 is 21.3 Å². The Morgan fingerprint density at radius 3 is 2.50 bits per heavy atom. The number of halogens is 1. The SMILES string of the molecule is CC(C)(C)NC(=O)C(=O)C(C[C@@H]1CCNC1=O)NC(=O)[C@H](Cc1ccccc1)NC(=O)C1C=C2C=C(Cl)C=CC2OC1. The minimum absolute atomic E-state index is 0.0372. The lowest BCUT2D eigenvalue weighted by molar-refractivity contribution is -0.142. The van der Waals surface area contributed by atoms with Crippen LogP contribution in [0.3, 0.4) is 0 Å². The third kappa shape index (κ3) is 8.39. The molecular weight excluding hydrogens is 560 g/mol. The molecule has 2 heterocycles. The molecule has 0 bridgehead atoms. The lowest BCUT2D eigenvalue weighted by Gasteiger charge is -2.29. The summed E-state index contributed by atoms with van der Waals surface area (Å²) >= 11 is 6.12. The Morgan fingerprint density at radius 1 is 1.10 bits per heavy atom. The molecule has 42 heavy (non-hydrogen) atoms. The van der Waals surface area contributed by atoms with Crippen molar-refractivity contribution in [3.8, 4) is 0 Å². The van der Waals surface area contributed by atoms with Gasteiger partial charge in [-0.15, -0.1) is 0 Å². The summed E-state index contributed by atoms with van der Waals surface area (Å²) in [6.45, 7) is 5.78. The van der Waals surface area contributed by atoms with Crippen LogP contribution in [0, 0.1) is 11.8 Å². The monoisotopic (exact) mass is 596 g/mol. The maximum absolute atomic E-state index is 13.7. The first-order chi connectivity index (χ1) is 19.9. The van der Waals surface area contributed by atoms with Crippen molar-refractivity contribution >= 4 is 41.0 Å². The normalized spacial score (nSPS) is 23.0. The number of nitrogens with one attached hydrogen (secondary N) is 4. The zero-order valence-corrected chi connectivity index (χ0v) is 24.7. The molecule has 0 radical (unpaired) electrons. The predicted molar refractivity (Wildman–Crippen MR) is 157 cm³/mol. The maximum Gasteiger partial charge on any atom is 0.290 e. The number of hydrogen-bond donors (Lipinski definition) is 4. The molecule has 0 saturated carbocycles. The van der Waals surface area contributed by atoms with Crippen LogP contribution >= 0.6 is 11.6 Å². The third-order valence-corrected chi connectivity index (χ3v) is 7.43. The molecule has 10 nitrogen and oxygen atoms in total. The topological polar surface area (TPSA) is 143 Å². The number of ketones is 1. The third-order valence-electron chi connectivity index (χ3n) is 7.19. The number of hydrogen-bond acceptors (Lipinski definition) is 6. The lowest BCUT2D eigenvalue weighted by atomic mass is 9.93. The van der Waals surface area contributed by atoms with Gasteiger partial charge in [0, 0.05) is 29.5 Å². The van der Waals surface area contributed by atoms with Gasteiger partial charge < -0.3 is 26.0 Å². The summed E-state index contributed by atoms with van der Waals surface area (Å²) in [5, 5.41) is 11.4. The van der Waals surface area contributed by atoms with E-state index in [0.29, 0.717) is 18.0 Å². The standard InChI is InChI=1S/C31H37ClN4O6/c1-31(2,3)36-30(41)26(37)23(16-19-11-12-33-27(19)38)34-29(40)24(13-18-7-5-4-6-8-18)35-28(39)21-14-20-15-22(32)9-10-25(20)42-17-21/h4-10,14-15,19,21,23-25H,11-13,16-17H2,1-3H3,(H,33,38)(H,34,40)(H,35,39)(H,36,41)/t19-,21?,23?,24-,25?/m0/s1. The summed E-state index contributed by atoms with van der Waals surface area (Å²) in [5.41, 5.74) is 0.856. The van der Waals surface area contributed by atoms with Gasteiger partial charge in [0.2, 0.25) is 23.5 Å². The van der Waals surface area contributed by atoms with Crippen LogP contribution in [0.15, 0.2) is 65.2 Å². The molecule has 1 aromatic rings. The fraction of sp³-hybridized carbons (Fsp3) is 0.452. The van der Waals surface area contributed by atoms with Crippen LogP contribution in [0.25, 0.3) is 0 Å². The van der Waals surface area contributed by atoms with Crippen molar-refractivity contribution in [2.24, 2.45) is 11.8 Å². The van der Waals surface area contributed by atoms with Crippen molar-refractivity contribution in [3.63, 3.8) is 0 Å². The number of allylic oxidation sites excluding steroid dienone is 2. The van der Waals surface area contributed by atoms with Crippen molar-refractivity contribution < 1.29 is 28.7 Å². The molecule has 4 rings (SSSR count). The fourth-order valence-corrected chi connectivity index (χ4v) is 5.27. The highest BCUT2D eigenvalue weighted by Crippen LogP contribution is 2.27. The van der Waals surface area contributed by atoms with Gasteiger partial charge in [-0.25, -0.2) is 0 Å². The van der Waals surface area contributed by atoms with E-state index in [2.05, 4.69) is 21.3 Å². The van der Waals surface area contributed by atoms with E-state index in [1.807, 2.05) is 36.4 Å². The Morgan fingerprint density at radius 2 is 1.83 bits per heavy atom. The summed E-state index contributed by atoms with van der Waals surface area (Å²) in [6.07, 6.45) is 7.34. The average molecular weight is 597 g/mol. The molecule has 0 spiro atoms. The van der Waals surface area contributed by atoms with E-state index in [9.17, 15) is 24.0 Å². The Kier molecular flexibility index (Phi) is 10.0. The minimum atomic E-state index is -1.26. The molecule has 11 heteroatoms. The van der Waals surface area contributed by atoms with Gasteiger partial charge in [0.15, 0.2) is 0 Å². The molecule has 5 atom stereocenters. The van der Waals surface area contributed by atoms with Gasteiger partial charge in [-0.2, -0.15) is 0 Å². The van der Waals surface area contributed by atoms with Gasteiger partial charge in [0.05, 0.1) is 18.6 Å². The summed E-state index contributed by atoms with van der Waals surface area (Å²) in [7, 11) is 0. The first-order valence-corrected chi connectivity index (χ1v) is 14.4. The molecule has 1 aromatic carbocycles. The van der Waals surface area contributed by atoms with Crippen LogP contribution in [-0.4, -0.2) is 66.3 Å². The molecule has 1 fully saturated rings. The molecule has 3 unspecified atom stereocenters. The molecular formula is C31H37ClN4O6. The lowest BCUT2D eigenvalue weighted by Crippen LogP contribution is -2.57. The zero-order valence-electron chi connectivity index (χ0n) is 23.9. The highest BCUT2D eigenvalue weighted by molar-refractivity contribution is 6.38. The average Bonchev–Trinajstić information content (AvgIpc) is 3.34. The summed E-state index contributed by atoms with van der Waals surface area (Å²) < 4.78 is 5.82. The molecule has 3 aliphatic rings. The fourth-order valence-electron chi connectivity index (χ4n) is 5.07. The first kappa shape index (κ1) is 31.2. The smallest absolute Gasteiger partial charge is 0.290 e. The summed E-state index contributed by atoms with van der Waals surface area (Å²) in [6, 6.07) is 6.80. The zero-order chi connectivity index (χ0) is 30.4. The second-order valence-corrected chi connectivity index (χ2v) is 12.2. The van der Waals surface area contributed by atoms with Crippen molar-refractivity contribution in [3.05, 3.63) is 70.8 Å². The van der Waals surface area contributed by atoms with Crippen LogP contribution in [0.5, 0.6) is 0 Å². The van der Waals surface area contributed by atoms with E-state index in [-0.39, 0.29) is 31.5 Å². The van der Waals surface area contributed by atoms with Gasteiger partial charge in [0.25, 0.3) is 5.91 Å². The molecule has 1 saturated heterocycles. The quantitative estimate of drug-likeness (QED) is 0.304. The van der Waals surface area contributed by atoms with E-state index >= 15 is 0 Å². The van der Waals surface area contributed by atoms with E-state index < -0.39 is 53.0 Å². The van der Waals surface area contributed by atoms with Crippen LogP contribution in [-0.2, 0) is 35.1 Å². The Labute approximate surface area is 250 Å². The molecule has 224 valence electrons. The number of Topliss-reactive ketones (excluding diaryl/α,β-unsaturated/α-hetero) is 1. The van der Waals surface area contributed by atoms with Crippen molar-refractivity contribution in [2.45, 2.75) is 63.8 Å². The molecule has 1 aliphatic carbocycles. The molecule has 2 aliphatic heterocycles. The number of benzene rings is 1. The highest BCUT2D eigenvalue weighted by Gasteiger charge is 2.37. The molecule has 4 amide bonds. The number of carbonyl (C=O) groups is 5. The summed E-state index contributed by atoms with van der Waals surface area (Å²) in [4.78, 5) is 65.5. The number of rotatable bonds is 10. The number of carbonyl (C=O) groups excluding carboxylic acids is 5. The minimum Gasteiger partial charge on any atom is -0.368 e. The number of amides is 4. The molecule has 0 aromatic heterocycles. The first-order valence-electron chi connectivity index (χ1n) is 14.1. The van der Waals surface area contributed by atoms with Gasteiger partial charge in [-0.1, -0.05) is 48.0 Å². The second kappa shape index (κ2) is 13.5. The number of ether oxygens (including phenoxy) is 1. The Hall–Kier alpha value is -3.76. The van der Waals surface area contributed by atoms with Gasteiger partial charge in [-0.05, 0) is 63.0 Å². The molecule has 4 N–H and O–H groups in total. The van der Waals surface area contributed by atoms with Crippen molar-refractivity contribution in [2.75, 3.05) is 13.2 Å². The van der Waals surface area contributed by atoms with E-state index in [0.717, 1.165) is 11.1 Å². The van der Waals surface area contributed by atoms with Crippen molar-refractivity contribution in [1.29, 1.82) is 0 Å². The predicted octanol–water partition coefficient (Wildman–Crippen LogP) is 1.84. The van der Waals surface area contributed by atoms with E-state index in [1.54, 1.807) is 39.0 Å². The van der Waals surface area contributed by atoms with Gasteiger partial charge >= 0.3 is 0 Å². The van der Waals surface area contributed by atoms with Gasteiger partial charge in [-0.3, -0.25) is 24.0 Å². The Balaban J connectivity index is 1.54. The van der Waals surface area contributed by atoms with Crippen LogP contribution in [0.4, 0.5) is 0 Å². The van der Waals surface area contributed by atoms with Crippen LogP contribution in [0.2, 0.25) is 0 Å². The second-order valence-electron chi connectivity index (χ2n) is 11.8. The van der Waals surface area contributed by atoms with Crippen LogP contribution in [0.1, 0.15) is 39.2 Å².